The number of hydrogen-bond donors (Lipinski definition) is 2. The molecular formula is C18H19N3O2S2. The summed E-state index contributed by atoms with van der Waals surface area (Å²) in [6, 6.07) is 9.62. The Balaban J connectivity index is 1.71. The van der Waals surface area contributed by atoms with E-state index >= 15 is 0 Å². The first kappa shape index (κ1) is 17.7. The molecule has 1 amide bonds. The molecule has 1 aromatic carbocycles. The molecule has 25 heavy (non-hydrogen) atoms. The number of H-pyrrole nitrogens is 1. The maximum absolute atomic E-state index is 12.4. The van der Waals surface area contributed by atoms with Gasteiger partial charge in [0.05, 0.1) is 10.6 Å². The van der Waals surface area contributed by atoms with Gasteiger partial charge in [0.15, 0.2) is 5.16 Å². The van der Waals surface area contributed by atoms with Gasteiger partial charge < -0.3 is 10.3 Å². The van der Waals surface area contributed by atoms with E-state index in [1.807, 2.05) is 37.3 Å². The number of aromatic nitrogens is 2. The molecule has 0 fully saturated rings. The van der Waals surface area contributed by atoms with Crippen molar-refractivity contribution in [3.05, 3.63) is 51.1 Å². The molecule has 1 atom stereocenters. The fourth-order valence-electron chi connectivity index (χ4n) is 2.38. The van der Waals surface area contributed by atoms with E-state index in [1.54, 1.807) is 6.92 Å². The van der Waals surface area contributed by atoms with Gasteiger partial charge in [-0.3, -0.25) is 9.59 Å². The Morgan fingerprint density at radius 1 is 1.36 bits per heavy atom. The molecule has 0 bridgehead atoms. The summed E-state index contributed by atoms with van der Waals surface area (Å²) in [4.78, 5) is 33.4. The number of thiophene rings is 1. The number of anilines is 1. The fourth-order valence-corrected chi connectivity index (χ4v) is 4.11. The number of carbonyl (C=O) groups is 1. The van der Waals surface area contributed by atoms with Crippen LogP contribution in [0.3, 0.4) is 0 Å². The summed E-state index contributed by atoms with van der Waals surface area (Å²) in [5, 5.41) is 3.57. The van der Waals surface area contributed by atoms with Crippen molar-refractivity contribution in [3.63, 3.8) is 0 Å². The Kier molecular flexibility index (Phi) is 5.24. The van der Waals surface area contributed by atoms with Crippen molar-refractivity contribution in [2.75, 3.05) is 5.32 Å². The SMILES string of the molecule is CCc1ccc(NC(=O)C(C)Sc2nc3sc(C)cc3c(=O)[nH]2)cc1. The van der Waals surface area contributed by atoms with Crippen molar-refractivity contribution in [2.45, 2.75) is 37.6 Å². The Morgan fingerprint density at radius 2 is 2.08 bits per heavy atom. The zero-order chi connectivity index (χ0) is 18.0. The zero-order valence-electron chi connectivity index (χ0n) is 14.3. The van der Waals surface area contributed by atoms with Gasteiger partial charge in [0, 0.05) is 10.6 Å². The lowest BCUT2D eigenvalue weighted by Gasteiger charge is -2.11. The zero-order valence-corrected chi connectivity index (χ0v) is 15.9. The van der Waals surface area contributed by atoms with E-state index in [4.69, 9.17) is 0 Å². The summed E-state index contributed by atoms with van der Waals surface area (Å²) in [6.45, 7) is 5.83. The molecule has 130 valence electrons. The van der Waals surface area contributed by atoms with Gasteiger partial charge in [-0.15, -0.1) is 11.3 Å². The van der Waals surface area contributed by atoms with Crippen molar-refractivity contribution < 1.29 is 4.79 Å². The molecule has 2 N–H and O–H groups in total. The summed E-state index contributed by atoms with van der Waals surface area (Å²) < 4.78 is 0. The standard InChI is InChI=1S/C18H19N3O2S2/c1-4-12-5-7-13(8-6-12)19-15(22)11(3)25-18-20-16(23)14-9-10(2)24-17(14)21-18/h5-9,11H,4H2,1-3H3,(H,19,22)(H,20,21,23). The molecule has 2 aromatic heterocycles. The smallest absolute Gasteiger partial charge is 0.260 e. The molecular weight excluding hydrogens is 354 g/mol. The maximum atomic E-state index is 12.4. The van der Waals surface area contributed by atoms with Crippen LogP contribution in [0.5, 0.6) is 0 Å². The number of aryl methyl sites for hydroxylation is 2. The van der Waals surface area contributed by atoms with Crippen molar-refractivity contribution in [1.29, 1.82) is 0 Å². The number of rotatable bonds is 5. The molecule has 0 spiro atoms. The first-order chi connectivity index (χ1) is 12.0. The lowest BCUT2D eigenvalue weighted by atomic mass is 10.1. The Labute approximate surface area is 153 Å². The number of fused-ring (bicyclic) bond motifs is 1. The summed E-state index contributed by atoms with van der Waals surface area (Å²) in [5.74, 6) is -0.126. The summed E-state index contributed by atoms with van der Waals surface area (Å²) in [7, 11) is 0. The highest BCUT2D eigenvalue weighted by atomic mass is 32.2. The topological polar surface area (TPSA) is 74.8 Å². The highest BCUT2D eigenvalue weighted by Gasteiger charge is 2.17. The average Bonchev–Trinajstić information content (AvgIpc) is 2.96. The largest absolute Gasteiger partial charge is 0.325 e. The third-order valence-corrected chi connectivity index (χ3v) is 5.72. The highest BCUT2D eigenvalue weighted by Crippen LogP contribution is 2.25. The number of benzene rings is 1. The van der Waals surface area contributed by atoms with Crippen LogP contribution >= 0.6 is 23.1 Å². The molecule has 0 aliphatic rings. The van der Waals surface area contributed by atoms with E-state index in [0.29, 0.717) is 15.4 Å². The lowest BCUT2D eigenvalue weighted by molar-refractivity contribution is -0.115. The third kappa shape index (κ3) is 4.11. The molecule has 0 aliphatic heterocycles. The summed E-state index contributed by atoms with van der Waals surface area (Å²) in [6.07, 6.45) is 0.962. The normalized spacial score (nSPS) is 12.3. The van der Waals surface area contributed by atoms with Crippen LogP contribution in [0, 0.1) is 6.92 Å². The molecule has 7 heteroatoms. The number of nitrogens with zero attached hydrogens (tertiary/aromatic N) is 1. The third-order valence-electron chi connectivity index (χ3n) is 3.79. The first-order valence-electron chi connectivity index (χ1n) is 8.03. The average molecular weight is 374 g/mol. The van der Waals surface area contributed by atoms with Crippen LogP contribution in [-0.2, 0) is 11.2 Å². The number of thioether (sulfide) groups is 1. The second-order valence-electron chi connectivity index (χ2n) is 5.75. The van der Waals surface area contributed by atoms with Crippen LogP contribution in [0.25, 0.3) is 10.2 Å². The number of aromatic amines is 1. The molecule has 0 saturated heterocycles. The van der Waals surface area contributed by atoms with Crippen molar-refractivity contribution >= 4 is 44.9 Å². The van der Waals surface area contributed by atoms with Gasteiger partial charge in [-0.2, -0.15) is 0 Å². The second-order valence-corrected chi connectivity index (χ2v) is 8.31. The predicted molar refractivity (Wildman–Crippen MR) is 105 cm³/mol. The van der Waals surface area contributed by atoms with Gasteiger partial charge in [0.2, 0.25) is 5.91 Å². The van der Waals surface area contributed by atoms with Crippen LogP contribution in [-0.4, -0.2) is 21.1 Å². The van der Waals surface area contributed by atoms with Crippen molar-refractivity contribution in [3.8, 4) is 0 Å². The number of amides is 1. The van der Waals surface area contributed by atoms with E-state index in [9.17, 15) is 9.59 Å². The molecule has 3 rings (SSSR count). The lowest BCUT2D eigenvalue weighted by Crippen LogP contribution is -2.23. The van der Waals surface area contributed by atoms with Crippen LogP contribution in [0.1, 0.15) is 24.3 Å². The van der Waals surface area contributed by atoms with Crippen LogP contribution in [0.15, 0.2) is 40.3 Å². The second kappa shape index (κ2) is 7.41. The molecule has 2 heterocycles. The van der Waals surface area contributed by atoms with Crippen LogP contribution < -0.4 is 10.9 Å². The van der Waals surface area contributed by atoms with Gasteiger partial charge in [-0.1, -0.05) is 30.8 Å². The molecule has 3 aromatic rings. The van der Waals surface area contributed by atoms with Crippen molar-refractivity contribution in [1.82, 2.24) is 9.97 Å². The van der Waals surface area contributed by atoms with E-state index in [2.05, 4.69) is 22.2 Å². The minimum absolute atomic E-state index is 0.126. The van der Waals surface area contributed by atoms with Gasteiger partial charge in [-0.25, -0.2) is 4.98 Å². The predicted octanol–water partition coefficient (Wildman–Crippen LogP) is 3.97. The number of hydrogen-bond acceptors (Lipinski definition) is 5. The van der Waals surface area contributed by atoms with Crippen molar-refractivity contribution in [2.24, 2.45) is 0 Å². The van der Waals surface area contributed by atoms with E-state index in [0.717, 1.165) is 17.0 Å². The minimum atomic E-state index is -0.382. The minimum Gasteiger partial charge on any atom is -0.325 e. The van der Waals surface area contributed by atoms with Gasteiger partial charge in [-0.05, 0) is 44.0 Å². The quantitative estimate of drug-likeness (QED) is 0.524. The van der Waals surface area contributed by atoms with E-state index < -0.39 is 0 Å². The Hall–Kier alpha value is -2.12. The number of carbonyl (C=O) groups excluding carboxylic acids is 1. The van der Waals surface area contributed by atoms with Gasteiger partial charge in [0.1, 0.15) is 4.83 Å². The van der Waals surface area contributed by atoms with E-state index in [1.165, 1.54) is 28.7 Å². The molecule has 0 aliphatic carbocycles. The van der Waals surface area contributed by atoms with Crippen LogP contribution in [0.4, 0.5) is 5.69 Å². The maximum Gasteiger partial charge on any atom is 0.260 e. The summed E-state index contributed by atoms with van der Waals surface area (Å²) in [5.41, 5.74) is 1.82. The highest BCUT2D eigenvalue weighted by molar-refractivity contribution is 8.00. The monoisotopic (exact) mass is 373 g/mol. The van der Waals surface area contributed by atoms with Crippen LogP contribution in [0.2, 0.25) is 0 Å². The molecule has 0 radical (unpaired) electrons. The fraction of sp³-hybridized carbons (Fsp3) is 0.278. The number of nitrogens with one attached hydrogen (secondary N) is 2. The van der Waals surface area contributed by atoms with E-state index in [-0.39, 0.29) is 16.7 Å². The first-order valence-corrected chi connectivity index (χ1v) is 9.73. The molecule has 1 unspecified atom stereocenters. The Morgan fingerprint density at radius 3 is 2.76 bits per heavy atom. The molecule has 0 saturated carbocycles. The van der Waals surface area contributed by atoms with Gasteiger partial charge >= 0.3 is 0 Å². The van der Waals surface area contributed by atoms with Gasteiger partial charge in [0.25, 0.3) is 5.56 Å². The Bertz CT molecular complexity index is 961. The molecule has 5 nitrogen and oxygen atoms in total. The summed E-state index contributed by atoms with van der Waals surface area (Å²) >= 11 is 2.72.